The van der Waals surface area contributed by atoms with Crippen molar-refractivity contribution in [2.24, 2.45) is 0 Å². The summed E-state index contributed by atoms with van der Waals surface area (Å²) < 4.78 is 7.50. The third kappa shape index (κ3) is 3.71. The number of hydrogen-bond acceptors (Lipinski definition) is 6. The summed E-state index contributed by atoms with van der Waals surface area (Å²) >= 11 is 0. The number of aryl methyl sites for hydroxylation is 1. The maximum absolute atomic E-state index is 12.4. The summed E-state index contributed by atoms with van der Waals surface area (Å²) in [6, 6.07) is 0.0627. The van der Waals surface area contributed by atoms with Gasteiger partial charge in [0.15, 0.2) is 0 Å². The fourth-order valence-corrected chi connectivity index (χ4v) is 4.28. The van der Waals surface area contributed by atoms with Gasteiger partial charge in [0.1, 0.15) is 5.60 Å². The summed E-state index contributed by atoms with van der Waals surface area (Å²) in [4.78, 5) is 34.5. The summed E-state index contributed by atoms with van der Waals surface area (Å²) in [6.07, 6.45) is 5.85. The molecule has 0 aromatic carbocycles. The lowest BCUT2D eigenvalue weighted by Crippen LogP contribution is -2.42. The zero-order valence-corrected chi connectivity index (χ0v) is 17.5. The standard InChI is InChI=1S/C21H27N5O4/c1-21(2,3)30-20(29)25-8-6-13(7-9-25)26-11-15(18(27)28)14-5-4-12-10-23-19(22)24-16(12)17(14)26/h10-11,13H,4-9H2,1-3H3,(H,27,28)(H2,22,23,24). The number of ether oxygens (including phenoxy) is 1. The predicted octanol–water partition coefficient (Wildman–Crippen LogP) is 2.90. The lowest BCUT2D eigenvalue weighted by atomic mass is 9.92. The van der Waals surface area contributed by atoms with Gasteiger partial charge < -0.3 is 25.0 Å². The highest BCUT2D eigenvalue weighted by Gasteiger charge is 2.33. The number of fused-ring (bicyclic) bond motifs is 3. The molecule has 160 valence electrons. The maximum Gasteiger partial charge on any atom is 0.410 e. The highest BCUT2D eigenvalue weighted by atomic mass is 16.6. The van der Waals surface area contributed by atoms with Crippen molar-refractivity contribution >= 4 is 18.0 Å². The molecule has 0 radical (unpaired) electrons. The lowest BCUT2D eigenvalue weighted by molar-refractivity contribution is 0.0189. The molecule has 1 aliphatic heterocycles. The van der Waals surface area contributed by atoms with Crippen molar-refractivity contribution in [1.29, 1.82) is 0 Å². The van der Waals surface area contributed by atoms with Crippen molar-refractivity contribution in [3.05, 3.63) is 29.1 Å². The minimum absolute atomic E-state index is 0.0627. The van der Waals surface area contributed by atoms with Crippen molar-refractivity contribution in [2.45, 2.75) is 58.1 Å². The van der Waals surface area contributed by atoms with Crippen LogP contribution in [0.15, 0.2) is 12.4 Å². The third-order valence-corrected chi connectivity index (χ3v) is 5.63. The topological polar surface area (TPSA) is 124 Å². The van der Waals surface area contributed by atoms with Gasteiger partial charge >= 0.3 is 12.1 Å². The second kappa shape index (κ2) is 7.30. The normalized spacial score (nSPS) is 16.7. The van der Waals surface area contributed by atoms with E-state index in [-0.39, 0.29) is 18.1 Å². The highest BCUT2D eigenvalue weighted by Crippen LogP contribution is 2.39. The van der Waals surface area contributed by atoms with Crippen LogP contribution in [0.2, 0.25) is 0 Å². The van der Waals surface area contributed by atoms with Crippen LogP contribution in [0.1, 0.15) is 61.1 Å². The third-order valence-electron chi connectivity index (χ3n) is 5.63. The first-order valence-electron chi connectivity index (χ1n) is 10.2. The summed E-state index contributed by atoms with van der Waals surface area (Å²) in [6.45, 7) is 6.65. The van der Waals surface area contributed by atoms with Crippen molar-refractivity contribution < 1.29 is 19.4 Å². The monoisotopic (exact) mass is 413 g/mol. The molecule has 30 heavy (non-hydrogen) atoms. The molecule has 4 rings (SSSR count). The first-order chi connectivity index (χ1) is 14.1. The number of nitrogen functional groups attached to an aromatic ring is 1. The van der Waals surface area contributed by atoms with E-state index in [0.717, 1.165) is 16.8 Å². The van der Waals surface area contributed by atoms with Crippen LogP contribution < -0.4 is 5.73 Å². The van der Waals surface area contributed by atoms with Crippen LogP contribution in [0.5, 0.6) is 0 Å². The molecule has 0 atom stereocenters. The Labute approximate surface area is 174 Å². The van der Waals surface area contributed by atoms with Crippen LogP contribution in [0.4, 0.5) is 10.7 Å². The van der Waals surface area contributed by atoms with Gasteiger partial charge in [-0.2, -0.15) is 0 Å². The number of piperidine rings is 1. The van der Waals surface area contributed by atoms with Crippen LogP contribution in [0, 0.1) is 0 Å². The Morgan fingerprint density at radius 2 is 1.93 bits per heavy atom. The van der Waals surface area contributed by atoms with Gasteiger partial charge in [-0.3, -0.25) is 0 Å². The Morgan fingerprint density at radius 3 is 2.57 bits per heavy atom. The van der Waals surface area contributed by atoms with Gasteiger partial charge in [0.05, 0.1) is 17.0 Å². The van der Waals surface area contributed by atoms with Gasteiger partial charge in [0.2, 0.25) is 5.95 Å². The van der Waals surface area contributed by atoms with E-state index >= 15 is 0 Å². The molecule has 2 aromatic heterocycles. The smallest absolute Gasteiger partial charge is 0.410 e. The molecule has 3 N–H and O–H groups in total. The highest BCUT2D eigenvalue weighted by molar-refractivity contribution is 5.92. The number of anilines is 1. The Bertz CT molecular complexity index is 1000. The Balaban J connectivity index is 1.64. The van der Waals surface area contributed by atoms with Crippen molar-refractivity contribution in [1.82, 2.24) is 19.4 Å². The number of carbonyl (C=O) groups is 2. The number of amides is 1. The number of nitrogens with zero attached hydrogens (tertiary/aromatic N) is 4. The largest absolute Gasteiger partial charge is 0.478 e. The van der Waals surface area contributed by atoms with Crippen LogP contribution >= 0.6 is 0 Å². The fourth-order valence-electron chi connectivity index (χ4n) is 4.28. The number of carboxylic acid groups (broad SMARTS) is 1. The molecule has 9 heteroatoms. The number of likely N-dealkylation sites (tertiary alicyclic amines) is 1. The Morgan fingerprint density at radius 1 is 1.23 bits per heavy atom. The van der Waals surface area contributed by atoms with Crippen molar-refractivity contribution in [2.75, 3.05) is 18.8 Å². The quantitative estimate of drug-likeness (QED) is 0.776. The molecule has 0 saturated carbocycles. The second-order valence-electron chi connectivity index (χ2n) is 8.88. The van der Waals surface area contributed by atoms with Gasteiger partial charge in [-0.1, -0.05) is 0 Å². The zero-order chi connectivity index (χ0) is 21.6. The average molecular weight is 413 g/mol. The zero-order valence-electron chi connectivity index (χ0n) is 17.5. The van der Waals surface area contributed by atoms with Crippen LogP contribution in [-0.2, 0) is 17.6 Å². The summed E-state index contributed by atoms with van der Waals surface area (Å²) in [5.41, 5.74) is 8.90. The SMILES string of the molecule is CC(C)(C)OC(=O)N1CCC(n2cc(C(=O)O)c3c2-c2nc(N)ncc2CC3)CC1. The number of aromatic carboxylic acids is 1. The van der Waals surface area contributed by atoms with Gasteiger partial charge in [-0.15, -0.1) is 0 Å². The molecule has 9 nitrogen and oxygen atoms in total. The van der Waals surface area contributed by atoms with E-state index in [1.807, 2.05) is 25.3 Å². The predicted molar refractivity (Wildman–Crippen MR) is 110 cm³/mol. The first-order valence-corrected chi connectivity index (χ1v) is 10.2. The van der Waals surface area contributed by atoms with E-state index in [2.05, 4.69) is 9.97 Å². The fraction of sp³-hybridized carbons (Fsp3) is 0.524. The minimum Gasteiger partial charge on any atom is -0.478 e. The molecule has 1 fully saturated rings. The van der Waals surface area contributed by atoms with Crippen LogP contribution in [0.3, 0.4) is 0 Å². The maximum atomic E-state index is 12.4. The lowest BCUT2D eigenvalue weighted by Gasteiger charge is -2.35. The number of rotatable bonds is 2. The van der Waals surface area contributed by atoms with Crippen LogP contribution in [0.25, 0.3) is 11.4 Å². The number of carboxylic acids is 1. The summed E-state index contributed by atoms with van der Waals surface area (Å²) in [7, 11) is 0. The van der Waals surface area contributed by atoms with Gasteiger partial charge in [0.25, 0.3) is 0 Å². The van der Waals surface area contributed by atoms with E-state index in [1.165, 1.54) is 0 Å². The molecule has 0 bridgehead atoms. The van der Waals surface area contributed by atoms with E-state index < -0.39 is 11.6 Å². The number of aromatic nitrogens is 3. The van der Waals surface area contributed by atoms with E-state index in [1.54, 1.807) is 17.3 Å². The van der Waals surface area contributed by atoms with Crippen LogP contribution in [-0.4, -0.2) is 55.3 Å². The second-order valence-corrected chi connectivity index (χ2v) is 8.88. The molecule has 2 aliphatic rings. The molecule has 1 aliphatic carbocycles. The molecule has 3 heterocycles. The van der Waals surface area contributed by atoms with E-state index in [9.17, 15) is 14.7 Å². The number of carbonyl (C=O) groups excluding carboxylic acids is 1. The Hall–Kier alpha value is -3.10. The first kappa shape index (κ1) is 20.2. The van der Waals surface area contributed by atoms with Crippen molar-refractivity contribution in [3.63, 3.8) is 0 Å². The molecule has 0 spiro atoms. The Kier molecular flexibility index (Phi) is 4.91. The molecule has 1 amide bonds. The van der Waals surface area contributed by atoms with E-state index in [0.29, 0.717) is 50.0 Å². The molecular weight excluding hydrogens is 386 g/mol. The summed E-state index contributed by atoms with van der Waals surface area (Å²) in [5.74, 6) is -0.771. The average Bonchev–Trinajstić information content (AvgIpc) is 3.07. The number of hydrogen-bond donors (Lipinski definition) is 2. The summed E-state index contributed by atoms with van der Waals surface area (Å²) in [5, 5.41) is 9.74. The molecular formula is C21H27N5O4. The number of nitrogens with two attached hydrogens (primary N) is 1. The minimum atomic E-state index is -0.943. The van der Waals surface area contributed by atoms with Gasteiger partial charge in [-0.05, 0) is 57.6 Å². The van der Waals surface area contributed by atoms with Crippen molar-refractivity contribution in [3.8, 4) is 11.4 Å². The molecule has 2 aromatic rings. The van der Waals surface area contributed by atoms with Gasteiger partial charge in [0, 0.05) is 31.5 Å². The van der Waals surface area contributed by atoms with Gasteiger partial charge in [-0.25, -0.2) is 19.6 Å². The molecule has 0 unspecified atom stereocenters. The molecule has 1 saturated heterocycles. The van der Waals surface area contributed by atoms with E-state index in [4.69, 9.17) is 10.5 Å².